The van der Waals surface area contributed by atoms with E-state index in [2.05, 4.69) is 55.2 Å². The van der Waals surface area contributed by atoms with Gasteiger partial charge in [-0.25, -0.2) is 4.98 Å². The molecule has 0 unspecified atom stereocenters. The van der Waals surface area contributed by atoms with Crippen LogP contribution in [-0.4, -0.2) is 15.2 Å². The molecule has 3 heterocycles. The van der Waals surface area contributed by atoms with Gasteiger partial charge in [0, 0.05) is 17.3 Å². The lowest BCUT2D eigenvalue weighted by Crippen LogP contribution is -2.10. The minimum atomic E-state index is 0.143. The van der Waals surface area contributed by atoms with E-state index < -0.39 is 0 Å². The predicted molar refractivity (Wildman–Crippen MR) is 95.7 cm³/mol. The molecule has 1 N–H and O–H groups in total. The Kier molecular flexibility index (Phi) is 3.27. The summed E-state index contributed by atoms with van der Waals surface area (Å²) >= 11 is 0. The number of hydrogen-bond donors (Lipinski definition) is 1. The van der Waals surface area contributed by atoms with Gasteiger partial charge in [0.15, 0.2) is 5.58 Å². The number of hydrogen-bond acceptors (Lipinski definition) is 3. The number of nitrogens with one attached hydrogen (secondary N) is 1. The number of H-pyrrole nitrogens is 1. The van der Waals surface area contributed by atoms with E-state index >= 15 is 0 Å². The highest BCUT2D eigenvalue weighted by Crippen LogP contribution is 2.32. The molecule has 0 atom stereocenters. The van der Waals surface area contributed by atoms with E-state index in [1.165, 1.54) is 5.56 Å². The zero-order valence-corrected chi connectivity index (χ0v) is 14.0. The maximum atomic E-state index is 5.69. The first kappa shape index (κ1) is 14.7. The van der Waals surface area contributed by atoms with Gasteiger partial charge in [-0.05, 0) is 28.7 Å². The van der Waals surface area contributed by atoms with Gasteiger partial charge in [0.2, 0.25) is 0 Å². The van der Waals surface area contributed by atoms with E-state index in [4.69, 9.17) is 9.40 Å². The molecule has 4 heteroatoms. The number of aromatic amines is 1. The molecule has 0 spiro atoms. The number of pyridine rings is 1. The average Bonchev–Trinajstić information content (AvgIpc) is 3.23. The molecule has 120 valence electrons. The van der Waals surface area contributed by atoms with Crippen molar-refractivity contribution >= 4 is 11.1 Å². The molecule has 0 saturated heterocycles. The van der Waals surface area contributed by atoms with E-state index in [1.54, 1.807) is 12.5 Å². The van der Waals surface area contributed by atoms with E-state index in [-0.39, 0.29) is 5.41 Å². The quantitative estimate of drug-likeness (QED) is 0.554. The Morgan fingerprint density at radius 3 is 2.42 bits per heavy atom. The molecular weight excluding hydrogens is 298 g/mol. The van der Waals surface area contributed by atoms with E-state index in [0.717, 1.165) is 33.5 Å². The van der Waals surface area contributed by atoms with Crippen molar-refractivity contribution in [2.75, 3.05) is 0 Å². The summed E-state index contributed by atoms with van der Waals surface area (Å²) in [6.45, 7) is 6.65. The summed E-state index contributed by atoms with van der Waals surface area (Å²) < 4.78 is 5.69. The summed E-state index contributed by atoms with van der Waals surface area (Å²) in [6.07, 6.45) is 5.39. The highest BCUT2D eigenvalue weighted by molar-refractivity contribution is 5.92. The topological polar surface area (TPSA) is 54.7 Å². The molecule has 0 aliphatic heterocycles. The van der Waals surface area contributed by atoms with Crippen LogP contribution in [0.25, 0.3) is 33.5 Å². The standard InChI is InChI=1S/C20H19N3O/c1-20(2,3)15-6-4-13(5-7-15)16-12-24-18-9-8-17(23-19(16)18)14-10-21-22-11-14/h4-12H,1-3H3,(H,21,22). The van der Waals surface area contributed by atoms with Crippen molar-refractivity contribution in [3.05, 3.63) is 60.6 Å². The normalized spacial score (nSPS) is 12.0. The molecule has 4 rings (SSSR count). The van der Waals surface area contributed by atoms with E-state index in [1.807, 2.05) is 18.3 Å². The van der Waals surface area contributed by atoms with Gasteiger partial charge < -0.3 is 4.42 Å². The molecule has 24 heavy (non-hydrogen) atoms. The van der Waals surface area contributed by atoms with Crippen molar-refractivity contribution in [1.29, 1.82) is 0 Å². The van der Waals surface area contributed by atoms with Crippen LogP contribution in [0, 0.1) is 0 Å². The third kappa shape index (κ3) is 2.50. The first-order valence-corrected chi connectivity index (χ1v) is 8.01. The minimum absolute atomic E-state index is 0.143. The fourth-order valence-corrected chi connectivity index (χ4v) is 2.82. The Hall–Kier alpha value is -2.88. The maximum Gasteiger partial charge on any atom is 0.153 e. The summed E-state index contributed by atoms with van der Waals surface area (Å²) in [5.74, 6) is 0. The Morgan fingerprint density at radius 2 is 1.75 bits per heavy atom. The molecule has 0 radical (unpaired) electrons. The van der Waals surface area contributed by atoms with Crippen molar-refractivity contribution in [3.8, 4) is 22.4 Å². The van der Waals surface area contributed by atoms with Gasteiger partial charge in [-0.1, -0.05) is 45.0 Å². The number of furan rings is 1. The zero-order valence-electron chi connectivity index (χ0n) is 14.0. The molecule has 4 aromatic rings. The molecule has 4 nitrogen and oxygen atoms in total. The van der Waals surface area contributed by atoms with E-state index in [9.17, 15) is 0 Å². The van der Waals surface area contributed by atoms with Crippen molar-refractivity contribution in [2.24, 2.45) is 0 Å². The summed E-state index contributed by atoms with van der Waals surface area (Å²) in [7, 11) is 0. The number of benzene rings is 1. The van der Waals surface area contributed by atoms with Crippen molar-refractivity contribution in [1.82, 2.24) is 15.2 Å². The molecule has 0 aliphatic rings. The second-order valence-electron chi connectivity index (χ2n) is 7.01. The van der Waals surface area contributed by atoms with Crippen LogP contribution in [0.5, 0.6) is 0 Å². The number of nitrogens with zero attached hydrogens (tertiary/aromatic N) is 2. The van der Waals surface area contributed by atoms with Gasteiger partial charge in [0.05, 0.1) is 11.9 Å². The molecule has 1 aromatic carbocycles. The molecule has 3 aromatic heterocycles. The molecule has 0 saturated carbocycles. The Morgan fingerprint density at radius 1 is 0.958 bits per heavy atom. The van der Waals surface area contributed by atoms with Crippen LogP contribution in [-0.2, 0) is 5.41 Å². The van der Waals surface area contributed by atoms with Crippen LogP contribution in [0.15, 0.2) is 59.5 Å². The molecular formula is C20H19N3O. The number of fused-ring (bicyclic) bond motifs is 1. The van der Waals surface area contributed by atoms with Crippen molar-refractivity contribution in [3.63, 3.8) is 0 Å². The van der Waals surface area contributed by atoms with Gasteiger partial charge in [-0.2, -0.15) is 5.10 Å². The maximum absolute atomic E-state index is 5.69. The second-order valence-corrected chi connectivity index (χ2v) is 7.01. The largest absolute Gasteiger partial charge is 0.462 e. The summed E-state index contributed by atoms with van der Waals surface area (Å²) in [5.41, 5.74) is 7.08. The smallest absolute Gasteiger partial charge is 0.153 e. The molecule has 0 bridgehead atoms. The second kappa shape index (κ2) is 5.34. The monoisotopic (exact) mass is 317 g/mol. The van der Waals surface area contributed by atoms with Crippen LogP contribution in [0.2, 0.25) is 0 Å². The summed E-state index contributed by atoms with van der Waals surface area (Å²) in [5, 5.41) is 6.81. The SMILES string of the molecule is CC(C)(C)c1ccc(-c2coc3ccc(-c4cn[nH]c4)nc23)cc1. The third-order valence-electron chi connectivity index (χ3n) is 4.27. The van der Waals surface area contributed by atoms with Gasteiger partial charge in [0.25, 0.3) is 0 Å². The Bertz CT molecular complexity index is 974. The van der Waals surface area contributed by atoms with Gasteiger partial charge in [0.1, 0.15) is 11.8 Å². The lowest BCUT2D eigenvalue weighted by Gasteiger charge is -2.19. The lowest BCUT2D eigenvalue weighted by atomic mass is 9.86. The van der Waals surface area contributed by atoms with Crippen LogP contribution < -0.4 is 0 Å². The van der Waals surface area contributed by atoms with Crippen molar-refractivity contribution in [2.45, 2.75) is 26.2 Å². The number of aromatic nitrogens is 3. The number of rotatable bonds is 2. The summed E-state index contributed by atoms with van der Waals surface area (Å²) in [6, 6.07) is 12.5. The molecule has 0 fully saturated rings. The fourth-order valence-electron chi connectivity index (χ4n) is 2.82. The van der Waals surface area contributed by atoms with Crippen LogP contribution >= 0.6 is 0 Å². The van der Waals surface area contributed by atoms with Gasteiger partial charge in [-0.3, -0.25) is 5.10 Å². The van der Waals surface area contributed by atoms with E-state index in [0.29, 0.717) is 0 Å². The molecule has 0 aliphatic carbocycles. The van der Waals surface area contributed by atoms with Crippen LogP contribution in [0.4, 0.5) is 0 Å². The molecule has 0 amide bonds. The predicted octanol–water partition coefficient (Wildman–Crippen LogP) is 5.18. The Labute approximate surface area is 140 Å². The first-order valence-electron chi connectivity index (χ1n) is 8.01. The van der Waals surface area contributed by atoms with Crippen LogP contribution in [0.1, 0.15) is 26.3 Å². The highest BCUT2D eigenvalue weighted by Gasteiger charge is 2.15. The average molecular weight is 317 g/mol. The van der Waals surface area contributed by atoms with Crippen molar-refractivity contribution < 1.29 is 4.42 Å². The Balaban J connectivity index is 1.80. The zero-order chi connectivity index (χ0) is 16.7. The highest BCUT2D eigenvalue weighted by atomic mass is 16.3. The van der Waals surface area contributed by atoms with Gasteiger partial charge >= 0.3 is 0 Å². The van der Waals surface area contributed by atoms with Gasteiger partial charge in [-0.15, -0.1) is 0 Å². The fraction of sp³-hybridized carbons (Fsp3) is 0.200. The summed E-state index contributed by atoms with van der Waals surface area (Å²) in [4.78, 5) is 4.77. The lowest BCUT2D eigenvalue weighted by molar-refractivity contribution is 0.590. The first-order chi connectivity index (χ1) is 11.5. The third-order valence-corrected chi connectivity index (χ3v) is 4.27. The van der Waals surface area contributed by atoms with Crippen LogP contribution in [0.3, 0.4) is 0 Å². The minimum Gasteiger partial charge on any atom is -0.462 e.